The first-order valence-corrected chi connectivity index (χ1v) is 30.8. The highest BCUT2D eigenvalue weighted by atomic mass is 16.5. The monoisotopic (exact) mass is 970 g/mol. The number of aliphatic hydroxyl groups is 2. The molecule has 0 aliphatic carbocycles. The molecule has 0 radical (unpaired) electrons. The summed E-state index contributed by atoms with van der Waals surface area (Å²) < 4.78 is 5.45. The van der Waals surface area contributed by atoms with E-state index in [1.54, 1.807) is 6.08 Å². The highest BCUT2D eigenvalue weighted by molar-refractivity contribution is 5.76. The van der Waals surface area contributed by atoms with Gasteiger partial charge in [0.1, 0.15) is 0 Å². The lowest BCUT2D eigenvalue weighted by Crippen LogP contribution is -2.45. The maximum Gasteiger partial charge on any atom is 0.305 e. The Morgan fingerprint density at radius 2 is 0.681 bits per heavy atom. The lowest BCUT2D eigenvalue weighted by Gasteiger charge is -2.20. The minimum atomic E-state index is -0.865. The Kier molecular flexibility index (Phi) is 57.0. The number of nitrogens with one attached hydrogen (secondary N) is 1. The van der Waals surface area contributed by atoms with Gasteiger partial charge >= 0.3 is 5.97 Å². The van der Waals surface area contributed by atoms with Gasteiger partial charge in [0.05, 0.1) is 25.4 Å². The molecule has 0 aromatic heterocycles. The molecular formula is C63H119NO5. The summed E-state index contributed by atoms with van der Waals surface area (Å²) >= 11 is 0. The number of carbonyl (C=O) groups is 2. The number of ether oxygens (including phenoxy) is 1. The summed E-state index contributed by atoms with van der Waals surface area (Å²) in [5, 5.41) is 23.2. The Morgan fingerprint density at radius 1 is 0.391 bits per heavy atom. The van der Waals surface area contributed by atoms with E-state index >= 15 is 0 Å². The molecule has 0 rings (SSSR count). The first kappa shape index (κ1) is 67.1. The molecule has 0 fully saturated rings. The first-order valence-electron chi connectivity index (χ1n) is 30.8. The van der Waals surface area contributed by atoms with E-state index in [0.717, 1.165) is 83.5 Å². The van der Waals surface area contributed by atoms with Crippen molar-refractivity contribution in [2.24, 2.45) is 0 Å². The smallest absolute Gasteiger partial charge is 0.305 e. The molecule has 0 aliphatic heterocycles. The molecule has 0 aromatic rings. The van der Waals surface area contributed by atoms with Gasteiger partial charge in [0.25, 0.3) is 0 Å². The predicted octanol–water partition coefficient (Wildman–Crippen LogP) is 19.2. The Labute approximate surface area is 430 Å². The zero-order chi connectivity index (χ0) is 50.0. The molecule has 69 heavy (non-hydrogen) atoms. The minimum absolute atomic E-state index is 0.0398. The summed E-state index contributed by atoms with van der Waals surface area (Å²) in [6, 6.07) is -0.651. The number of esters is 1. The van der Waals surface area contributed by atoms with Crippen LogP contribution in [0.2, 0.25) is 0 Å². The SMILES string of the molecule is CCCCCCCCC/C=C\CCCCCCCC(=O)OCCCC/C=C\CCCCCCCC(=O)NC(CO)C(O)/C=C/CCCCCCCCCCCCCCCCCCCCCCCCC. The minimum Gasteiger partial charge on any atom is -0.466 e. The average Bonchev–Trinajstić information content (AvgIpc) is 3.35. The van der Waals surface area contributed by atoms with Crippen LogP contribution in [0.15, 0.2) is 36.5 Å². The highest BCUT2D eigenvalue weighted by Crippen LogP contribution is 2.17. The number of hydrogen-bond donors (Lipinski definition) is 3. The van der Waals surface area contributed by atoms with Gasteiger partial charge in [-0.3, -0.25) is 9.59 Å². The van der Waals surface area contributed by atoms with Crippen molar-refractivity contribution in [1.82, 2.24) is 5.32 Å². The lowest BCUT2D eigenvalue weighted by molar-refractivity contribution is -0.143. The molecule has 3 N–H and O–H groups in total. The summed E-state index contributed by atoms with van der Waals surface area (Å²) in [6.45, 7) is 4.84. The van der Waals surface area contributed by atoms with Crippen molar-refractivity contribution in [3.05, 3.63) is 36.5 Å². The number of amides is 1. The maximum atomic E-state index is 12.5. The molecule has 0 saturated heterocycles. The molecule has 0 spiro atoms. The standard InChI is InChI=1S/C63H119NO5/c1-3-5-7-9-11-13-15-17-19-21-22-23-24-25-26-27-28-29-30-32-35-39-43-47-51-55-61(66)60(59-65)64-62(67)56-52-48-44-40-36-34-38-42-46-50-54-58-69-63(68)57-53-49-45-41-37-33-31-20-18-16-14-12-10-8-6-4-2/h20,31,38,42,51,55,60-61,65-66H,3-19,21-30,32-37,39-41,43-50,52-54,56-59H2,1-2H3,(H,64,67)/b31-20-,42-38-,55-51+. The van der Waals surface area contributed by atoms with E-state index in [9.17, 15) is 19.8 Å². The molecular weight excluding hydrogens is 851 g/mol. The van der Waals surface area contributed by atoms with Gasteiger partial charge in [0.15, 0.2) is 0 Å². The molecule has 6 nitrogen and oxygen atoms in total. The van der Waals surface area contributed by atoms with Crippen LogP contribution in [-0.4, -0.2) is 47.4 Å². The number of aliphatic hydroxyl groups excluding tert-OH is 2. The normalized spacial score (nSPS) is 12.8. The van der Waals surface area contributed by atoms with Gasteiger partial charge < -0.3 is 20.3 Å². The topological polar surface area (TPSA) is 95.9 Å². The largest absolute Gasteiger partial charge is 0.466 e. The molecule has 406 valence electrons. The van der Waals surface area contributed by atoms with Gasteiger partial charge in [0, 0.05) is 12.8 Å². The van der Waals surface area contributed by atoms with Crippen LogP contribution in [0.3, 0.4) is 0 Å². The summed E-state index contributed by atoms with van der Waals surface area (Å²) in [4.78, 5) is 24.6. The average molecular weight is 971 g/mol. The van der Waals surface area contributed by atoms with Gasteiger partial charge in [-0.25, -0.2) is 0 Å². The Morgan fingerprint density at radius 3 is 1.03 bits per heavy atom. The number of carbonyl (C=O) groups excluding carboxylic acids is 2. The number of hydrogen-bond acceptors (Lipinski definition) is 5. The second-order valence-corrected chi connectivity index (χ2v) is 21.0. The highest BCUT2D eigenvalue weighted by Gasteiger charge is 2.18. The van der Waals surface area contributed by atoms with Crippen molar-refractivity contribution >= 4 is 11.9 Å². The molecule has 0 aromatic carbocycles. The van der Waals surface area contributed by atoms with Crippen LogP contribution in [-0.2, 0) is 14.3 Å². The second kappa shape index (κ2) is 58.6. The van der Waals surface area contributed by atoms with Crippen LogP contribution >= 0.6 is 0 Å². The molecule has 2 atom stereocenters. The lowest BCUT2D eigenvalue weighted by atomic mass is 10.0. The summed E-state index contributed by atoms with van der Waals surface area (Å²) in [5.41, 5.74) is 0. The molecule has 0 bridgehead atoms. The van der Waals surface area contributed by atoms with E-state index in [-0.39, 0.29) is 18.5 Å². The van der Waals surface area contributed by atoms with E-state index in [0.29, 0.717) is 19.4 Å². The summed E-state index contributed by atoms with van der Waals surface area (Å²) in [7, 11) is 0. The molecule has 1 amide bonds. The van der Waals surface area contributed by atoms with E-state index in [2.05, 4.69) is 43.5 Å². The maximum absolute atomic E-state index is 12.5. The quantitative estimate of drug-likeness (QED) is 0.0321. The Balaban J connectivity index is 3.53. The molecule has 0 saturated carbocycles. The van der Waals surface area contributed by atoms with E-state index in [1.165, 1.54) is 218 Å². The molecule has 0 aliphatic rings. The van der Waals surface area contributed by atoms with Gasteiger partial charge in [-0.15, -0.1) is 0 Å². The summed E-state index contributed by atoms with van der Waals surface area (Å²) in [6.07, 6.45) is 73.3. The zero-order valence-electron chi connectivity index (χ0n) is 46.3. The van der Waals surface area contributed by atoms with Crippen molar-refractivity contribution in [3.63, 3.8) is 0 Å². The van der Waals surface area contributed by atoms with Gasteiger partial charge in [-0.1, -0.05) is 269 Å². The fourth-order valence-corrected chi connectivity index (χ4v) is 9.39. The van der Waals surface area contributed by atoms with Gasteiger partial charge in [-0.05, 0) is 83.5 Å². The van der Waals surface area contributed by atoms with Crippen molar-refractivity contribution in [1.29, 1.82) is 0 Å². The van der Waals surface area contributed by atoms with Crippen LogP contribution in [0.1, 0.15) is 328 Å². The molecule has 6 heteroatoms. The van der Waals surface area contributed by atoms with E-state index in [4.69, 9.17) is 4.74 Å². The van der Waals surface area contributed by atoms with Crippen LogP contribution in [0.25, 0.3) is 0 Å². The Bertz CT molecular complexity index is 1120. The number of unbranched alkanes of at least 4 members (excludes halogenated alkanes) is 42. The zero-order valence-corrected chi connectivity index (χ0v) is 46.3. The number of rotatable bonds is 57. The third-order valence-corrected chi connectivity index (χ3v) is 14.1. The molecule has 0 heterocycles. The Hall–Kier alpha value is -1.92. The van der Waals surface area contributed by atoms with Crippen molar-refractivity contribution < 1.29 is 24.5 Å². The number of allylic oxidation sites excluding steroid dienone is 5. The summed E-state index contributed by atoms with van der Waals surface area (Å²) in [5.74, 6) is -0.135. The van der Waals surface area contributed by atoms with Gasteiger partial charge in [-0.2, -0.15) is 0 Å². The van der Waals surface area contributed by atoms with Gasteiger partial charge in [0.2, 0.25) is 5.91 Å². The third-order valence-electron chi connectivity index (χ3n) is 14.1. The fraction of sp³-hybridized carbons (Fsp3) is 0.873. The first-order chi connectivity index (χ1) is 34.0. The predicted molar refractivity (Wildman–Crippen MR) is 301 cm³/mol. The van der Waals surface area contributed by atoms with Crippen molar-refractivity contribution in [3.8, 4) is 0 Å². The van der Waals surface area contributed by atoms with Crippen molar-refractivity contribution in [2.45, 2.75) is 341 Å². The van der Waals surface area contributed by atoms with E-state index < -0.39 is 12.1 Å². The fourth-order valence-electron chi connectivity index (χ4n) is 9.39. The van der Waals surface area contributed by atoms with Crippen LogP contribution in [0.5, 0.6) is 0 Å². The molecule has 2 unspecified atom stereocenters. The van der Waals surface area contributed by atoms with Crippen molar-refractivity contribution in [2.75, 3.05) is 13.2 Å². The van der Waals surface area contributed by atoms with Crippen LogP contribution in [0, 0.1) is 0 Å². The van der Waals surface area contributed by atoms with E-state index in [1.807, 2.05) is 6.08 Å². The second-order valence-electron chi connectivity index (χ2n) is 21.0. The van der Waals surface area contributed by atoms with Crippen LogP contribution < -0.4 is 5.32 Å². The third kappa shape index (κ3) is 55.2. The van der Waals surface area contributed by atoms with Crippen LogP contribution in [0.4, 0.5) is 0 Å².